The van der Waals surface area contributed by atoms with E-state index in [0.29, 0.717) is 5.11 Å². The highest BCUT2D eigenvalue weighted by atomic mass is 32.1. The lowest BCUT2D eigenvalue weighted by Gasteiger charge is -2.29. The number of thiocarbonyl (C=S) groups is 1. The lowest BCUT2D eigenvalue weighted by molar-refractivity contribution is 0.549. The summed E-state index contributed by atoms with van der Waals surface area (Å²) in [7, 11) is 0. The maximum atomic E-state index is 5.89. The topological polar surface area (TPSA) is 33.1 Å². The minimum atomic E-state index is -0.0661. The Bertz CT molecular complexity index is 1240. The van der Waals surface area contributed by atoms with E-state index in [9.17, 15) is 0 Å². The molecule has 0 unspecified atom stereocenters. The van der Waals surface area contributed by atoms with Crippen molar-refractivity contribution in [1.29, 1.82) is 0 Å². The number of anilines is 1. The van der Waals surface area contributed by atoms with Gasteiger partial charge in [0.2, 0.25) is 0 Å². The summed E-state index contributed by atoms with van der Waals surface area (Å²) >= 11 is 5.89. The standard InChI is InChI=1S/C27H26N4S/c1-18-9-11-21(12-10-18)30-14-6-8-24(30)26-25(23-7-4-5-13-28-23)29-27(32)31(26)22-16-19(2)15-20(3)17-22/h4-17,25-26H,1-3H3,(H,29,32)/t25-,26-/m0/s1. The van der Waals surface area contributed by atoms with Crippen LogP contribution in [0.5, 0.6) is 0 Å². The van der Waals surface area contributed by atoms with Gasteiger partial charge in [-0.05, 0) is 92.6 Å². The molecule has 0 bridgehead atoms. The van der Waals surface area contributed by atoms with Crippen LogP contribution in [0.4, 0.5) is 5.69 Å². The highest BCUT2D eigenvalue weighted by molar-refractivity contribution is 7.80. The summed E-state index contributed by atoms with van der Waals surface area (Å²) in [6.45, 7) is 6.37. The van der Waals surface area contributed by atoms with Crippen LogP contribution >= 0.6 is 12.2 Å². The number of aryl methyl sites for hydroxylation is 3. The fourth-order valence-corrected chi connectivity index (χ4v) is 4.94. The van der Waals surface area contributed by atoms with E-state index in [0.717, 1.165) is 22.8 Å². The molecule has 2 aromatic heterocycles. The molecule has 1 aliphatic rings. The zero-order valence-electron chi connectivity index (χ0n) is 18.5. The fourth-order valence-electron chi connectivity index (χ4n) is 4.60. The Morgan fingerprint density at radius 1 is 0.812 bits per heavy atom. The Labute approximate surface area is 194 Å². The van der Waals surface area contributed by atoms with Gasteiger partial charge in [0.1, 0.15) is 6.04 Å². The SMILES string of the molecule is Cc1ccc(-n2cccc2[C@H]2[C@H](c3ccccn3)NC(=S)N2c2cc(C)cc(C)c2)cc1. The van der Waals surface area contributed by atoms with Gasteiger partial charge in [-0.3, -0.25) is 4.98 Å². The van der Waals surface area contributed by atoms with E-state index in [4.69, 9.17) is 12.2 Å². The van der Waals surface area contributed by atoms with Crippen molar-refractivity contribution in [1.82, 2.24) is 14.9 Å². The van der Waals surface area contributed by atoms with Crippen molar-refractivity contribution in [2.24, 2.45) is 0 Å². The molecule has 5 heteroatoms. The minimum Gasteiger partial charge on any atom is -0.351 e. The normalized spacial score (nSPS) is 18.1. The van der Waals surface area contributed by atoms with E-state index in [1.54, 1.807) is 0 Å². The maximum absolute atomic E-state index is 5.89. The third-order valence-electron chi connectivity index (χ3n) is 5.98. The highest BCUT2D eigenvalue weighted by Crippen LogP contribution is 2.42. The van der Waals surface area contributed by atoms with Gasteiger partial charge in [-0.2, -0.15) is 0 Å². The predicted molar refractivity (Wildman–Crippen MR) is 134 cm³/mol. The van der Waals surface area contributed by atoms with Crippen molar-refractivity contribution in [3.8, 4) is 5.69 Å². The van der Waals surface area contributed by atoms with E-state index in [1.165, 1.54) is 16.7 Å². The molecule has 0 spiro atoms. The van der Waals surface area contributed by atoms with Gasteiger partial charge in [0.15, 0.2) is 5.11 Å². The second-order valence-corrected chi connectivity index (χ2v) is 8.87. The number of hydrogen-bond donors (Lipinski definition) is 1. The number of pyridine rings is 1. The molecule has 1 N–H and O–H groups in total. The molecule has 5 rings (SSSR count). The zero-order chi connectivity index (χ0) is 22.2. The van der Waals surface area contributed by atoms with Crippen molar-refractivity contribution in [2.45, 2.75) is 32.9 Å². The number of aromatic nitrogens is 2. The fraction of sp³-hybridized carbons (Fsp3) is 0.185. The van der Waals surface area contributed by atoms with Crippen molar-refractivity contribution < 1.29 is 0 Å². The Morgan fingerprint density at radius 3 is 2.25 bits per heavy atom. The molecular formula is C27H26N4S. The molecule has 0 aliphatic carbocycles. The lowest BCUT2D eigenvalue weighted by atomic mass is 10.00. The van der Waals surface area contributed by atoms with Gasteiger partial charge in [0.25, 0.3) is 0 Å². The first-order chi connectivity index (χ1) is 15.5. The second-order valence-electron chi connectivity index (χ2n) is 8.48. The summed E-state index contributed by atoms with van der Waals surface area (Å²) in [5.74, 6) is 0. The van der Waals surface area contributed by atoms with Gasteiger partial charge < -0.3 is 14.8 Å². The highest BCUT2D eigenvalue weighted by Gasteiger charge is 2.42. The zero-order valence-corrected chi connectivity index (χ0v) is 19.3. The van der Waals surface area contributed by atoms with Crippen LogP contribution in [0.15, 0.2) is 85.2 Å². The Hall–Kier alpha value is -3.44. The summed E-state index contributed by atoms with van der Waals surface area (Å²) in [6, 6.07) is 25.4. The number of rotatable bonds is 4. The summed E-state index contributed by atoms with van der Waals surface area (Å²) in [5.41, 5.74) is 8.05. The summed E-state index contributed by atoms with van der Waals surface area (Å²) < 4.78 is 2.26. The summed E-state index contributed by atoms with van der Waals surface area (Å²) in [6.07, 6.45) is 3.96. The molecule has 3 heterocycles. The van der Waals surface area contributed by atoms with E-state index in [-0.39, 0.29) is 12.1 Å². The number of benzene rings is 2. The monoisotopic (exact) mass is 438 g/mol. The minimum absolute atomic E-state index is 0.0464. The molecule has 4 aromatic rings. The molecule has 2 atom stereocenters. The maximum Gasteiger partial charge on any atom is 0.174 e. The van der Waals surface area contributed by atoms with Crippen LogP contribution in [0, 0.1) is 20.8 Å². The lowest BCUT2D eigenvalue weighted by Crippen LogP contribution is -2.30. The number of hydrogen-bond acceptors (Lipinski definition) is 2. The molecule has 0 saturated carbocycles. The molecule has 1 saturated heterocycles. The van der Waals surface area contributed by atoms with Crippen LogP contribution < -0.4 is 10.2 Å². The van der Waals surface area contributed by atoms with Crippen LogP contribution in [-0.4, -0.2) is 14.7 Å². The average Bonchev–Trinajstić information content (AvgIpc) is 3.38. The van der Waals surface area contributed by atoms with Crippen molar-refractivity contribution >= 4 is 23.0 Å². The van der Waals surface area contributed by atoms with Crippen LogP contribution in [-0.2, 0) is 0 Å². The third kappa shape index (κ3) is 3.69. The van der Waals surface area contributed by atoms with Gasteiger partial charge in [-0.25, -0.2) is 0 Å². The van der Waals surface area contributed by atoms with Gasteiger partial charge >= 0.3 is 0 Å². The van der Waals surface area contributed by atoms with E-state index >= 15 is 0 Å². The molecule has 0 amide bonds. The molecular weight excluding hydrogens is 412 g/mol. The number of nitrogens with zero attached hydrogens (tertiary/aromatic N) is 3. The molecule has 32 heavy (non-hydrogen) atoms. The first kappa shape index (κ1) is 20.5. The molecule has 4 nitrogen and oxygen atoms in total. The van der Waals surface area contributed by atoms with Crippen LogP contribution in [0.3, 0.4) is 0 Å². The molecule has 160 valence electrons. The Balaban J connectivity index is 1.68. The van der Waals surface area contributed by atoms with Crippen molar-refractivity contribution in [3.05, 3.63) is 113 Å². The quantitative estimate of drug-likeness (QED) is 0.398. The summed E-state index contributed by atoms with van der Waals surface area (Å²) in [4.78, 5) is 6.92. The van der Waals surface area contributed by atoms with Gasteiger partial charge in [-0.15, -0.1) is 0 Å². The second kappa shape index (κ2) is 8.24. The largest absolute Gasteiger partial charge is 0.351 e. The smallest absolute Gasteiger partial charge is 0.174 e. The van der Waals surface area contributed by atoms with Gasteiger partial charge in [0.05, 0.1) is 11.7 Å². The first-order valence-corrected chi connectivity index (χ1v) is 11.3. The Morgan fingerprint density at radius 2 is 1.56 bits per heavy atom. The third-order valence-corrected chi connectivity index (χ3v) is 6.29. The van der Waals surface area contributed by atoms with Crippen LogP contribution in [0.1, 0.15) is 40.2 Å². The molecule has 1 aliphatic heterocycles. The van der Waals surface area contributed by atoms with E-state index < -0.39 is 0 Å². The average molecular weight is 439 g/mol. The van der Waals surface area contributed by atoms with Gasteiger partial charge in [-0.1, -0.05) is 29.8 Å². The molecule has 2 aromatic carbocycles. The summed E-state index contributed by atoms with van der Waals surface area (Å²) in [5, 5.41) is 4.28. The molecule has 0 radical (unpaired) electrons. The van der Waals surface area contributed by atoms with Gasteiger partial charge in [0, 0.05) is 29.5 Å². The number of nitrogens with one attached hydrogen (secondary N) is 1. The Kier molecular flexibility index (Phi) is 5.27. The molecule has 1 fully saturated rings. The van der Waals surface area contributed by atoms with E-state index in [1.807, 2.05) is 18.3 Å². The van der Waals surface area contributed by atoms with Crippen LogP contribution in [0.25, 0.3) is 5.69 Å². The van der Waals surface area contributed by atoms with Crippen molar-refractivity contribution in [2.75, 3.05) is 4.90 Å². The predicted octanol–water partition coefficient (Wildman–Crippen LogP) is 5.97. The van der Waals surface area contributed by atoms with Crippen LogP contribution in [0.2, 0.25) is 0 Å². The first-order valence-electron chi connectivity index (χ1n) is 10.8. The van der Waals surface area contributed by atoms with E-state index in [2.05, 4.69) is 107 Å². The van der Waals surface area contributed by atoms with Crippen molar-refractivity contribution in [3.63, 3.8) is 0 Å².